The minimum absolute atomic E-state index is 0.424. The highest BCUT2D eigenvalue weighted by atomic mass is 35.5. The molecule has 0 spiro atoms. The molecule has 1 saturated heterocycles. The van der Waals surface area contributed by atoms with Gasteiger partial charge in [0.25, 0.3) is 0 Å². The van der Waals surface area contributed by atoms with Crippen molar-refractivity contribution in [2.75, 3.05) is 6.61 Å². The van der Waals surface area contributed by atoms with Crippen LogP contribution in [0.25, 0.3) is 0 Å². The van der Waals surface area contributed by atoms with E-state index in [1.54, 1.807) is 13.0 Å². The summed E-state index contributed by atoms with van der Waals surface area (Å²) in [6.07, 6.45) is 0.514. The molecule has 0 aliphatic carbocycles. The van der Waals surface area contributed by atoms with E-state index in [1.165, 1.54) is 0 Å². The fraction of sp³-hybridized carbons (Fsp3) is 0.455. The van der Waals surface area contributed by atoms with Crippen LogP contribution in [-0.4, -0.2) is 10.9 Å². The van der Waals surface area contributed by atoms with E-state index >= 15 is 0 Å². The summed E-state index contributed by atoms with van der Waals surface area (Å²) in [6.45, 7) is 2.34. The molecule has 1 aromatic carbocycles. The smallest absolute Gasteiger partial charge is 0.119 e. The third kappa shape index (κ3) is 2.96. The van der Waals surface area contributed by atoms with Crippen LogP contribution in [0.1, 0.15) is 18.9 Å². The van der Waals surface area contributed by atoms with Gasteiger partial charge in [-0.1, -0.05) is 23.2 Å². The van der Waals surface area contributed by atoms with E-state index in [2.05, 4.69) is 0 Å². The molecular weight excluding hydrogens is 290 g/mol. The van der Waals surface area contributed by atoms with Crippen LogP contribution in [-0.2, 0) is 10.3 Å². The molecule has 0 bridgehead atoms. The molecule has 0 saturated carbocycles. The highest BCUT2D eigenvalue weighted by molar-refractivity contribution is 6.48. The van der Waals surface area contributed by atoms with Gasteiger partial charge in [-0.25, -0.2) is 0 Å². The molecule has 1 aromatic rings. The molecule has 1 atom stereocenters. The molecule has 1 aliphatic heterocycles. The van der Waals surface area contributed by atoms with E-state index < -0.39 is 9.93 Å². The molecule has 88 valence electrons. The lowest BCUT2D eigenvalue weighted by Gasteiger charge is -2.20. The second-order valence-corrected chi connectivity index (χ2v) is 6.92. The first-order chi connectivity index (χ1) is 7.31. The number of hydrogen-bond donors (Lipinski definition) is 0. The molecule has 1 fully saturated rings. The van der Waals surface area contributed by atoms with Crippen LogP contribution in [0.5, 0.6) is 0 Å². The first kappa shape index (κ1) is 12.8. The van der Waals surface area contributed by atoms with Crippen molar-refractivity contribution < 1.29 is 4.74 Å². The lowest BCUT2D eigenvalue weighted by atomic mass is 9.95. The zero-order chi connectivity index (χ0) is 12.0. The third-order valence-electron chi connectivity index (χ3n) is 2.48. The van der Waals surface area contributed by atoms with Gasteiger partial charge < -0.3 is 4.74 Å². The summed E-state index contributed by atoms with van der Waals surface area (Å²) in [5, 5.41) is 1.17. The fourth-order valence-corrected chi connectivity index (χ4v) is 2.73. The molecule has 16 heavy (non-hydrogen) atoms. The standard InChI is InChI=1S/C11H10Cl4O/c1-10(14,15)5-11(6-16-11)7-2-8(12)4-9(13)3-7/h2-4H,5-6H2,1H3. The van der Waals surface area contributed by atoms with Crippen LogP contribution in [0.2, 0.25) is 10.0 Å². The maximum absolute atomic E-state index is 6.01. The van der Waals surface area contributed by atoms with Crippen molar-refractivity contribution in [1.82, 2.24) is 0 Å². The van der Waals surface area contributed by atoms with E-state index in [0.717, 1.165) is 5.56 Å². The molecule has 1 nitrogen and oxygen atoms in total. The monoisotopic (exact) mass is 298 g/mol. The van der Waals surface area contributed by atoms with Crippen LogP contribution in [0.4, 0.5) is 0 Å². The number of halogens is 4. The average Bonchev–Trinajstić information content (AvgIpc) is 2.80. The van der Waals surface area contributed by atoms with Crippen molar-refractivity contribution in [2.24, 2.45) is 0 Å². The molecule has 0 amide bonds. The quantitative estimate of drug-likeness (QED) is 0.577. The van der Waals surface area contributed by atoms with Crippen LogP contribution >= 0.6 is 46.4 Å². The molecular formula is C11H10Cl4O. The van der Waals surface area contributed by atoms with E-state index in [1.807, 2.05) is 12.1 Å². The normalized spacial score (nSPS) is 24.6. The first-order valence-electron chi connectivity index (χ1n) is 4.79. The van der Waals surface area contributed by atoms with Crippen molar-refractivity contribution in [1.29, 1.82) is 0 Å². The second kappa shape index (κ2) is 4.22. The Kier molecular flexibility index (Phi) is 3.37. The Morgan fingerprint density at radius 1 is 1.25 bits per heavy atom. The Hall–Kier alpha value is 0.340. The lowest BCUT2D eigenvalue weighted by molar-refractivity contribution is 0.287. The van der Waals surface area contributed by atoms with Gasteiger partial charge in [0, 0.05) is 16.5 Å². The van der Waals surface area contributed by atoms with Gasteiger partial charge in [0.05, 0.1) is 6.61 Å². The van der Waals surface area contributed by atoms with Crippen molar-refractivity contribution in [2.45, 2.75) is 23.3 Å². The summed E-state index contributed by atoms with van der Waals surface area (Å²) in [5.74, 6) is 0. The molecule has 1 aliphatic rings. The Bertz CT molecular complexity index is 387. The zero-order valence-corrected chi connectivity index (χ0v) is 11.6. The van der Waals surface area contributed by atoms with E-state index in [0.29, 0.717) is 23.1 Å². The van der Waals surface area contributed by atoms with Gasteiger partial charge >= 0.3 is 0 Å². The molecule has 5 heteroatoms. The van der Waals surface area contributed by atoms with Gasteiger partial charge in [0.15, 0.2) is 0 Å². The Labute approximate surface area is 115 Å². The molecule has 0 N–H and O–H groups in total. The summed E-state index contributed by atoms with van der Waals surface area (Å²) >= 11 is 23.9. The SMILES string of the molecule is CC(Cl)(Cl)CC1(c2cc(Cl)cc(Cl)c2)CO1. The number of ether oxygens (including phenoxy) is 1. The van der Waals surface area contributed by atoms with Gasteiger partial charge in [-0.3, -0.25) is 0 Å². The minimum atomic E-state index is -0.828. The summed E-state index contributed by atoms with van der Waals surface area (Å²) in [6, 6.07) is 5.35. The van der Waals surface area contributed by atoms with Crippen molar-refractivity contribution in [3.05, 3.63) is 33.8 Å². The van der Waals surface area contributed by atoms with Crippen molar-refractivity contribution >= 4 is 46.4 Å². The number of hydrogen-bond acceptors (Lipinski definition) is 1. The Balaban J connectivity index is 2.30. The van der Waals surface area contributed by atoms with Gasteiger partial charge in [-0.2, -0.15) is 0 Å². The van der Waals surface area contributed by atoms with Gasteiger partial charge in [0.2, 0.25) is 0 Å². The third-order valence-corrected chi connectivity index (χ3v) is 3.18. The van der Waals surface area contributed by atoms with E-state index in [9.17, 15) is 0 Å². The maximum Gasteiger partial charge on any atom is 0.119 e. The minimum Gasteiger partial charge on any atom is -0.364 e. The number of rotatable bonds is 3. The highest BCUT2D eigenvalue weighted by Gasteiger charge is 2.50. The molecule has 0 aromatic heterocycles. The van der Waals surface area contributed by atoms with Crippen molar-refractivity contribution in [3.8, 4) is 0 Å². The summed E-state index contributed by atoms with van der Waals surface area (Å²) in [7, 11) is 0. The summed E-state index contributed by atoms with van der Waals surface area (Å²) < 4.78 is 4.65. The molecule has 0 radical (unpaired) electrons. The lowest BCUT2D eigenvalue weighted by Crippen LogP contribution is -2.20. The fourth-order valence-electron chi connectivity index (χ4n) is 1.78. The number of benzene rings is 1. The van der Waals surface area contributed by atoms with E-state index in [4.69, 9.17) is 51.1 Å². The highest BCUT2D eigenvalue weighted by Crippen LogP contribution is 2.48. The summed E-state index contributed by atoms with van der Waals surface area (Å²) in [4.78, 5) is 0. The maximum atomic E-state index is 6.01. The predicted molar refractivity (Wildman–Crippen MR) is 68.8 cm³/mol. The van der Waals surface area contributed by atoms with Crippen LogP contribution in [0.3, 0.4) is 0 Å². The van der Waals surface area contributed by atoms with Crippen LogP contribution < -0.4 is 0 Å². The number of epoxide rings is 1. The van der Waals surface area contributed by atoms with Crippen LogP contribution in [0, 0.1) is 0 Å². The number of alkyl halides is 2. The van der Waals surface area contributed by atoms with Gasteiger partial charge in [0.1, 0.15) is 9.93 Å². The van der Waals surface area contributed by atoms with E-state index in [-0.39, 0.29) is 0 Å². The Morgan fingerprint density at radius 3 is 2.12 bits per heavy atom. The average molecular weight is 300 g/mol. The molecule has 1 heterocycles. The first-order valence-corrected chi connectivity index (χ1v) is 6.30. The van der Waals surface area contributed by atoms with Gasteiger partial charge in [-0.05, 0) is 30.7 Å². The largest absolute Gasteiger partial charge is 0.364 e. The Morgan fingerprint density at radius 2 is 1.75 bits per heavy atom. The predicted octanol–water partition coefficient (Wildman–Crippen LogP) is 4.80. The summed E-state index contributed by atoms with van der Waals surface area (Å²) in [5.41, 5.74) is 0.504. The molecule has 2 rings (SSSR count). The van der Waals surface area contributed by atoms with Crippen LogP contribution in [0.15, 0.2) is 18.2 Å². The van der Waals surface area contributed by atoms with Gasteiger partial charge in [-0.15, -0.1) is 23.2 Å². The topological polar surface area (TPSA) is 12.5 Å². The zero-order valence-electron chi connectivity index (χ0n) is 8.57. The molecule has 1 unspecified atom stereocenters. The second-order valence-electron chi connectivity index (χ2n) is 4.19. The van der Waals surface area contributed by atoms with Crippen molar-refractivity contribution in [3.63, 3.8) is 0 Å².